The fourth-order valence-electron chi connectivity index (χ4n) is 4.19. The van der Waals surface area contributed by atoms with Crippen LogP contribution in [0, 0.1) is 11.6 Å². The third kappa shape index (κ3) is 3.42. The lowest BCUT2D eigenvalue weighted by atomic mass is 9.88. The quantitative estimate of drug-likeness (QED) is 0.416. The number of nitrogens with one attached hydrogen (secondary N) is 2. The molecule has 1 unspecified atom stereocenters. The van der Waals surface area contributed by atoms with Crippen LogP contribution in [0.1, 0.15) is 33.8 Å². The van der Waals surface area contributed by atoms with Crippen molar-refractivity contribution in [3.8, 4) is 11.1 Å². The Bertz CT molecular complexity index is 1290. The van der Waals surface area contributed by atoms with Crippen LogP contribution in [0.5, 0.6) is 0 Å². The molecule has 0 bridgehead atoms. The van der Waals surface area contributed by atoms with Crippen LogP contribution in [0.15, 0.2) is 54.9 Å². The zero-order valence-corrected chi connectivity index (χ0v) is 17.1. The summed E-state index contributed by atoms with van der Waals surface area (Å²) >= 11 is 5.98. The second kappa shape index (κ2) is 7.87. The van der Waals surface area contributed by atoms with Crippen LogP contribution in [0.2, 0.25) is 5.02 Å². The van der Waals surface area contributed by atoms with Crippen LogP contribution in [0.4, 0.5) is 8.78 Å². The van der Waals surface area contributed by atoms with Crippen molar-refractivity contribution in [2.24, 2.45) is 0 Å². The maximum atomic E-state index is 15.7. The normalized spacial score (nSPS) is 16.2. The fraction of sp³-hybridized carbons (Fsp3) is 0.167. The van der Waals surface area contributed by atoms with E-state index in [4.69, 9.17) is 11.6 Å². The molecule has 2 aromatic carbocycles. The van der Waals surface area contributed by atoms with Crippen LogP contribution >= 0.6 is 11.6 Å². The van der Waals surface area contributed by atoms with Gasteiger partial charge in [-0.3, -0.25) is 4.79 Å². The van der Waals surface area contributed by atoms with Gasteiger partial charge in [0.2, 0.25) is 5.78 Å². The summed E-state index contributed by atoms with van der Waals surface area (Å²) in [4.78, 5) is 20.5. The number of halogens is 3. The summed E-state index contributed by atoms with van der Waals surface area (Å²) in [6.07, 6.45) is 3.75. The average Bonchev–Trinajstić information content (AvgIpc) is 3.45. The Hall–Kier alpha value is -3.09. The van der Waals surface area contributed by atoms with E-state index in [0.717, 1.165) is 6.54 Å². The molecule has 4 aromatic rings. The number of aromatic nitrogens is 2. The molecule has 1 atom stereocenters. The van der Waals surface area contributed by atoms with Crippen LogP contribution in [-0.4, -0.2) is 28.8 Å². The number of nitrogens with zero attached hydrogens (tertiary/aromatic N) is 1. The van der Waals surface area contributed by atoms with Gasteiger partial charge in [-0.1, -0.05) is 23.7 Å². The number of rotatable bonds is 4. The van der Waals surface area contributed by atoms with E-state index in [-0.39, 0.29) is 17.0 Å². The van der Waals surface area contributed by atoms with Gasteiger partial charge in [-0.05, 0) is 54.4 Å². The molecule has 1 aliphatic rings. The molecule has 31 heavy (non-hydrogen) atoms. The second-order valence-corrected chi connectivity index (χ2v) is 8.08. The molecule has 2 N–H and O–H groups in total. The number of H-pyrrole nitrogens is 1. The highest BCUT2D eigenvalue weighted by molar-refractivity contribution is 6.30. The standard InChI is InChI=1S/C24H18ClF2N3O/c25-15-5-3-13(4-6-15)17-10-18(14-7-9-28-11-14)22(27)20(21(17)26)23(31)19-12-30-24-16(19)2-1-8-29-24/h1-6,8,10,12,14,28H,7,9,11H2,(H,29,30). The average molecular weight is 438 g/mol. The van der Waals surface area contributed by atoms with Gasteiger partial charge in [0.25, 0.3) is 0 Å². The van der Waals surface area contributed by atoms with Crippen molar-refractivity contribution in [1.29, 1.82) is 0 Å². The molecule has 0 aliphatic carbocycles. The van der Waals surface area contributed by atoms with Crippen LogP contribution in [-0.2, 0) is 0 Å². The highest BCUT2D eigenvalue weighted by Crippen LogP contribution is 2.36. The number of carbonyl (C=O) groups excluding carboxylic acids is 1. The summed E-state index contributed by atoms with van der Waals surface area (Å²) in [6, 6.07) is 11.5. The summed E-state index contributed by atoms with van der Waals surface area (Å²) in [5, 5.41) is 4.23. The number of carbonyl (C=O) groups is 1. The first-order chi connectivity index (χ1) is 15.0. The third-order valence-corrected chi connectivity index (χ3v) is 6.06. The first-order valence-electron chi connectivity index (χ1n) is 10.00. The molecule has 3 heterocycles. The summed E-state index contributed by atoms with van der Waals surface area (Å²) < 4.78 is 31.3. The van der Waals surface area contributed by atoms with E-state index in [0.29, 0.717) is 40.1 Å². The Morgan fingerprint density at radius 3 is 2.68 bits per heavy atom. The van der Waals surface area contributed by atoms with Gasteiger partial charge < -0.3 is 10.3 Å². The maximum Gasteiger partial charge on any atom is 0.201 e. The lowest BCUT2D eigenvalue weighted by molar-refractivity contribution is 0.103. The lowest BCUT2D eigenvalue weighted by Crippen LogP contribution is -2.15. The first-order valence-corrected chi connectivity index (χ1v) is 10.4. The molecule has 156 valence electrons. The second-order valence-electron chi connectivity index (χ2n) is 7.64. The number of aromatic amines is 1. The van der Waals surface area contributed by atoms with Gasteiger partial charge in [0, 0.05) is 46.4 Å². The highest BCUT2D eigenvalue weighted by atomic mass is 35.5. The van der Waals surface area contributed by atoms with Gasteiger partial charge in [0.05, 0.1) is 5.56 Å². The Balaban J connectivity index is 1.73. The molecule has 5 rings (SSSR count). The van der Waals surface area contributed by atoms with Gasteiger partial charge in [0.1, 0.15) is 17.3 Å². The molecular formula is C24H18ClF2N3O. The van der Waals surface area contributed by atoms with Crippen LogP contribution in [0.3, 0.4) is 0 Å². The number of hydrogen-bond donors (Lipinski definition) is 2. The van der Waals surface area contributed by atoms with Crippen LogP contribution in [0.25, 0.3) is 22.2 Å². The van der Waals surface area contributed by atoms with Crippen molar-refractivity contribution in [2.75, 3.05) is 13.1 Å². The van der Waals surface area contributed by atoms with E-state index in [1.807, 2.05) is 0 Å². The predicted molar refractivity (Wildman–Crippen MR) is 117 cm³/mol. The largest absolute Gasteiger partial charge is 0.345 e. The van der Waals surface area contributed by atoms with E-state index in [1.165, 1.54) is 12.3 Å². The Morgan fingerprint density at radius 2 is 1.94 bits per heavy atom. The lowest BCUT2D eigenvalue weighted by Gasteiger charge is -2.17. The molecule has 1 aliphatic heterocycles. The number of ketones is 1. The summed E-state index contributed by atoms with van der Waals surface area (Å²) in [5.41, 5.74) is 1.19. The summed E-state index contributed by atoms with van der Waals surface area (Å²) in [6.45, 7) is 1.32. The maximum absolute atomic E-state index is 15.7. The molecule has 4 nitrogen and oxygen atoms in total. The van der Waals surface area contributed by atoms with E-state index in [9.17, 15) is 4.79 Å². The summed E-state index contributed by atoms with van der Waals surface area (Å²) in [7, 11) is 0. The predicted octanol–water partition coefficient (Wildman–Crippen LogP) is 5.47. The SMILES string of the molecule is O=C(c1c(F)c(-c2ccc(Cl)cc2)cc(C2CCNC2)c1F)c1c[nH]c2ncccc12. The van der Waals surface area contributed by atoms with Crippen molar-refractivity contribution < 1.29 is 13.6 Å². The third-order valence-electron chi connectivity index (χ3n) is 5.81. The van der Waals surface area contributed by atoms with Gasteiger partial charge in [-0.25, -0.2) is 13.8 Å². The van der Waals surface area contributed by atoms with E-state index in [2.05, 4.69) is 15.3 Å². The minimum Gasteiger partial charge on any atom is -0.345 e. The van der Waals surface area contributed by atoms with Crippen molar-refractivity contribution in [1.82, 2.24) is 15.3 Å². The molecule has 0 saturated carbocycles. The fourth-order valence-corrected chi connectivity index (χ4v) is 4.32. The van der Waals surface area contributed by atoms with Crippen molar-refractivity contribution in [3.63, 3.8) is 0 Å². The number of fused-ring (bicyclic) bond motifs is 1. The van der Waals surface area contributed by atoms with Crippen molar-refractivity contribution in [2.45, 2.75) is 12.3 Å². The molecule has 1 saturated heterocycles. The first kappa shape index (κ1) is 19.8. The van der Waals surface area contributed by atoms with Gasteiger partial charge in [-0.15, -0.1) is 0 Å². The zero-order valence-electron chi connectivity index (χ0n) is 16.4. The van der Waals surface area contributed by atoms with Gasteiger partial charge >= 0.3 is 0 Å². The molecule has 2 aromatic heterocycles. The Kier molecular flexibility index (Phi) is 5.04. The van der Waals surface area contributed by atoms with Gasteiger partial charge in [0.15, 0.2) is 0 Å². The van der Waals surface area contributed by atoms with Crippen LogP contribution < -0.4 is 5.32 Å². The minimum atomic E-state index is -0.877. The van der Waals surface area contributed by atoms with Gasteiger partial charge in [-0.2, -0.15) is 0 Å². The molecule has 0 amide bonds. The molecule has 7 heteroatoms. The molecule has 0 radical (unpaired) electrons. The molecular weight excluding hydrogens is 420 g/mol. The monoisotopic (exact) mass is 437 g/mol. The van der Waals surface area contributed by atoms with Crippen molar-refractivity contribution >= 4 is 28.4 Å². The highest BCUT2D eigenvalue weighted by Gasteiger charge is 2.30. The Morgan fingerprint density at radius 1 is 1.13 bits per heavy atom. The molecule has 1 fully saturated rings. The topological polar surface area (TPSA) is 57.8 Å². The smallest absolute Gasteiger partial charge is 0.201 e. The van der Waals surface area contributed by atoms with E-state index in [1.54, 1.807) is 42.6 Å². The van der Waals surface area contributed by atoms with E-state index < -0.39 is 23.0 Å². The van der Waals surface area contributed by atoms with E-state index >= 15 is 8.78 Å². The number of hydrogen-bond acceptors (Lipinski definition) is 3. The van der Waals surface area contributed by atoms with Crippen molar-refractivity contribution in [3.05, 3.63) is 88.2 Å². The number of benzene rings is 2. The number of pyridine rings is 1. The minimum absolute atomic E-state index is 0.136. The summed E-state index contributed by atoms with van der Waals surface area (Å²) in [5.74, 6) is -2.52. The molecule has 0 spiro atoms. The Labute approximate surface area is 182 Å². The zero-order chi connectivity index (χ0) is 21.5.